The predicted octanol–water partition coefficient (Wildman–Crippen LogP) is 1.44. The molecule has 3 heteroatoms. The average Bonchev–Trinajstić information content (AvgIpc) is 2.68. The molecule has 2 rings (SSSR count). The minimum absolute atomic E-state index is 0.333. The van der Waals surface area contributed by atoms with Crippen LogP contribution in [-0.4, -0.2) is 31.6 Å². The second-order valence-electron chi connectivity index (χ2n) is 4.60. The molecule has 0 aromatic heterocycles. The van der Waals surface area contributed by atoms with Crippen LogP contribution < -0.4 is 5.32 Å². The van der Waals surface area contributed by atoms with Gasteiger partial charge in [-0.3, -0.25) is 4.99 Å². The van der Waals surface area contributed by atoms with Gasteiger partial charge in [-0.2, -0.15) is 0 Å². The van der Waals surface area contributed by atoms with Crippen molar-refractivity contribution in [3.05, 3.63) is 0 Å². The van der Waals surface area contributed by atoms with Crippen LogP contribution in [0.2, 0.25) is 0 Å². The van der Waals surface area contributed by atoms with Crippen molar-refractivity contribution >= 4 is 5.90 Å². The first-order valence-corrected chi connectivity index (χ1v) is 5.69. The van der Waals surface area contributed by atoms with Gasteiger partial charge in [-0.25, -0.2) is 0 Å². The van der Waals surface area contributed by atoms with E-state index in [9.17, 15) is 0 Å². The van der Waals surface area contributed by atoms with E-state index in [2.05, 4.69) is 24.2 Å². The highest BCUT2D eigenvalue weighted by molar-refractivity contribution is 5.80. The number of nitrogens with one attached hydrogen (secondary N) is 1. The molecule has 0 aliphatic carbocycles. The Balaban J connectivity index is 1.87. The monoisotopic (exact) mass is 196 g/mol. The fourth-order valence-electron chi connectivity index (χ4n) is 2.05. The molecule has 14 heavy (non-hydrogen) atoms. The summed E-state index contributed by atoms with van der Waals surface area (Å²) in [5.41, 5.74) is 0. The molecule has 0 aromatic rings. The van der Waals surface area contributed by atoms with Crippen molar-refractivity contribution in [1.29, 1.82) is 0 Å². The molecule has 1 atom stereocenters. The van der Waals surface area contributed by atoms with Crippen LogP contribution in [0.1, 0.15) is 26.7 Å². The van der Waals surface area contributed by atoms with Crippen LogP contribution >= 0.6 is 0 Å². The largest absolute Gasteiger partial charge is 0.475 e. The first-order chi connectivity index (χ1) is 6.77. The summed E-state index contributed by atoms with van der Waals surface area (Å²) < 4.78 is 5.88. The fourth-order valence-corrected chi connectivity index (χ4v) is 2.05. The Morgan fingerprint density at radius 2 is 2.07 bits per heavy atom. The molecule has 2 aliphatic heterocycles. The standard InChI is InChI=1S/C11H20N2O/c1-8(2)10-7-13-11(14-10)9-3-5-12-6-4-9/h8-10,12H,3-7H2,1-2H3. The lowest BCUT2D eigenvalue weighted by atomic mass is 9.98. The Morgan fingerprint density at radius 1 is 1.36 bits per heavy atom. The molecule has 2 aliphatic rings. The summed E-state index contributed by atoms with van der Waals surface area (Å²) in [6.07, 6.45) is 2.70. The highest BCUT2D eigenvalue weighted by Gasteiger charge is 2.28. The van der Waals surface area contributed by atoms with Gasteiger partial charge < -0.3 is 10.1 Å². The van der Waals surface area contributed by atoms with E-state index in [-0.39, 0.29) is 0 Å². The molecule has 0 radical (unpaired) electrons. The van der Waals surface area contributed by atoms with Crippen LogP contribution in [-0.2, 0) is 4.74 Å². The van der Waals surface area contributed by atoms with E-state index in [1.807, 2.05) is 0 Å². The number of nitrogens with zero attached hydrogens (tertiary/aromatic N) is 1. The van der Waals surface area contributed by atoms with Crippen molar-refractivity contribution in [1.82, 2.24) is 5.32 Å². The van der Waals surface area contributed by atoms with Gasteiger partial charge in [0, 0.05) is 5.92 Å². The second kappa shape index (κ2) is 4.30. The number of hydrogen-bond donors (Lipinski definition) is 1. The summed E-state index contributed by atoms with van der Waals surface area (Å²) in [5, 5.41) is 3.36. The Hall–Kier alpha value is -0.570. The summed E-state index contributed by atoms with van der Waals surface area (Å²) >= 11 is 0. The van der Waals surface area contributed by atoms with Crippen molar-refractivity contribution < 1.29 is 4.74 Å². The maximum atomic E-state index is 5.88. The molecule has 0 aromatic carbocycles. The van der Waals surface area contributed by atoms with Gasteiger partial charge in [0.15, 0.2) is 5.90 Å². The predicted molar refractivity (Wildman–Crippen MR) is 57.6 cm³/mol. The first kappa shape index (κ1) is 9.97. The maximum absolute atomic E-state index is 5.88. The van der Waals surface area contributed by atoms with E-state index in [4.69, 9.17) is 4.74 Å². The Kier molecular flexibility index (Phi) is 3.06. The molecule has 1 unspecified atom stereocenters. The smallest absolute Gasteiger partial charge is 0.187 e. The second-order valence-corrected chi connectivity index (χ2v) is 4.60. The highest BCUT2D eigenvalue weighted by atomic mass is 16.5. The summed E-state index contributed by atoms with van der Waals surface area (Å²) in [6, 6.07) is 0. The van der Waals surface area contributed by atoms with E-state index in [0.29, 0.717) is 17.9 Å². The third kappa shape index (κ3) is 2.08. The Morgan fingerprint density at radius 3 is 2.64 bits per heavy atom. The number of aliphatic imine (C=N–C) groups is 1. The highest BCUT2D eigenvalue weighted by Crippen LogP contribution is 2.22. The summed E-state index contributed by atoms with van der Waals surface area (Å²) in [7, 11) is 0. The molecule has 0 amide bonds. The zero-order valence-electron chi connectivity index (χ0n) is 9.12. The SMILES string of the molecule is CC(C)C1CN=C(C2CCNCC2)O1. The molecule has 2 heterocycles. The quantitative estimate of drug-likeness (QED) is 0.725. The van der Waals surface area contributed by atoms with E-state index in [0.717, 1.165) is 25.5 Å². The van der Waals surface area contributed by atoms with Crippen molar-refractivity contribution in [2.45, 2.75) is 32.8 Å². The number of rotatable bonds is 2. The summed E-state index contributed by atoms with van der Waals surface area (Å²) in [4.78, 5) is 4.53. The summed E-state index contributed by atoms with van der Waals surface area (Å²) in [6.45, 7) is 7.49. The maximum Gasteiger partial charge on any atom is 0.187 e. The van der Waals surface area contributed by atoms with Crippen LogP contribution in [0.4, 0.5) is 0 Å². The normalized spacial score (nSPS) is 29.1. The Bertz CT molecular complexity index is 219. The number of hydrogen-bond acceptors (Lipinski definition) is 3. The average molecular weight is 196 g/mol. The van der Waals surface area contributed by atoms with Crippen molar-refractivity contribution in [3.8, 4) is 0 Å². The minimum Gasteiger partial charge on any atom is -0.475 e. The zero-order chi connectivity index (χ0) is 9.97. The molecule has 3 nitrogen and oxygen atoms in total. The lowest BCUT2D eigenvalue weighted by molar-refractivity contribution is 0.157. The van der Waals surface area contributed by atoms with Gasteiger partial charge in [0.25, 0.3) is 0 Å². The lowest BCUT2D eigenvalue weighted by Crippen LogP contribution is -2.33. The van der Waals surface area contributed by atoms with Crippen molar-refractivity contribution in [2.24, 2.45) is 16.8 Å². The molecular weight excluding hydrogens is 176 g/mol. The molecule has 1 saturated heterocycles. The topological polar surface area (TPSA) is 33.6 Å². The summed E-state index contributed by atoms with van der Waals surface area (Å²) in [5.74, 6) is 2.20. The van der Waals surface area contributed by atoms with Crippen LogP contribution in [0.5, 0.6) is 0 Å². The molecule has 1 N–H and O–H groups in total. The fraction of sp³-hybridized carbons (Fsp3) is 0.909. The van der Waals surface area contributed by atoms with E-state index in [1.165, 1.54) is 12.8 Å². The molecule has 1 fully saturated rings. The Labute approximate surface area is 85.9 Å². The number of ether oxygens (including phenoxy) is 1. The molecule has 0 spiro atoms. The van der Waals surface area contributed by atoms with Crippen molar-refractivity contribution in [3.63, 3.8) is 0 Å². The van der Waals surface area contributed by atoms with E-state index in [1.54, 1.807) is 0 Å². The lowest BCUT2D eigenvalue weighted by Gasteiger charge is -2.23. The van der Waals surface area contributed by atoms with Crippen LogP contribution in [0, 0.1) is 11.8 Å². The van der Waals surface area contributed by atoms with Gasteiger partial charge in [-0.05, 0) is 31.8 Å². The van der Waals surface area contributed by atoms with Gasteiger partial charge in [-0.15, -0.1) is 0 Å². The van der Waals surface area contributed by atoms with E-state index >= 15 is 0 Å². The zero-order valence-corrected chi connectivity index (χ0v) is 9.12. The number of piperidine rings is 1. The van der Waals surface area contributed by atoms with Gasteiger partial charge in [0.1, 0.15) is 6.10 Å². The van der Waals surface area contributed by atoms with Gasteiger partial charge in [0.05, 0.1) is 6.54 Å². The van der Waals surface area contributed by atoms with E-state index < -0.39 is 0 Å². The molecule has 80 valence electrons. The molecule has 0 saturated carbocycles. The van der Waals surface area contributed by atoms with Crippen LogP contribution in [0.25, 0.3) is 0 Å². The van der Waals surface area contributed by atoms with Crippen LogP contribution in [0.3, 0.4) is 0 Å². The van der Waals surface area contributed by atoms with Gasteiger partial charge in [0.2, 0.25) is 0 Å². The van der Waals surface area contributed by atoms with Crippen molar-refractivity contribution in [2.75, 3.05) is 19.6 Å². The minimum atomic E-state index is 0.333. The third-order valence-corrected chi connectivity index (χ3v) is 3.13. The third-order valence-electron chi connectivity index (χ3n) is 3.13. The van der Waals surface area contributed by atoms with Gasteiger partial charge >= 0.3 is 0 Å². The molecule has 0 bridgehead atoms. The molecular formula is C11H20N2O. The van der Waals surface area contributed by atoms with Gasteiger partial charge in [-0.1, -0.05) is 13.8 Å². The van der Waals surface area contributed by atoms with Crippen LogP contribution in [0.15, 0.2) is 4.99 Å². The first-order valence-electron chi connectivity index (χ1n) is 5.69.